The molecule has 2 heterocycles. The molecule has 0 spiro atoms. The van der Waals surface area contributed by atoms with Crippen LogP contribution in [0.2, 0.25) is 0 Å². The van der Waals surface area contributed by atoms with Gasteiger partial charge in [0.15, 0.2) is 0 Å². The highest BCUT2D eigenvalue weighted by Crippen LogP contribution is 2.20. The number of nitrogens with one attached hydrogen (secondary N) is 2. The fourth-order valence-electron chi connectivity index (χ4n) is 2.47. The van der Waals surface area contributed by atoms with E-state index in [-0.39, 0.29) is 0 Å². The average Bonchev–Trinajstić information content (AvgIpc) is 2.96. The number of benzene rings is 1. The molecule has 0 saturated heterocycles. The van der Waals surface area contributed by atoms with Gasteiger partial charge >= 0.3 is 0 Å². The number of aromatic amines is 1. The third-order valence-corrected chi connectivity index (χ3v) is 3.92. The zero-order valence-corrected chi connectivity index (χ0v) is 11.6. The molecule has 19 heavy (non-hydrogen) atoms. The van der Waals surface area contributed by atoms with Gasteiger partial charge < -0.3 is 14.9 Å². The Morgan fingerprint density at radius 2 is 2.00 bits per heavy atom. The van der Waals surface area contributed by atoms with Crippen LogP contribution < -0.4 is 5.32 Å². The SMILES string of the molecule is Cc1cc(CNc2ccc3[nH]ccc3c2)c(C)n1C. The monoisotopic (exact) mass is 253 g/mol. The Morgan fingerprint density at radius 1 is 1.16 bits per heavy atom. The molecule has 3 rings (SSSR count). The first kappa shape index (κ1) is 11.9. The number of aryl methyl sites for hydroxylation is 1. The lowest BCUT2D eigenvalue weighted by molar-refractivity contribution is 0.837. The first-order valence-electron chi connectivity index (χ1n) is 6.58. The molecule has 0 atom stereocenters. The fourth-order valence-corrected chi connectivity index (χ4v) is 2.47. The molecular formula is C16H19N3. The van der Waals surface area contributed by atoms with E-state index in [1.165, 1.54) is 27.9 Å². The van der Waals surface area contributed by atoms with Crippen LogP contribution in [0, 0.1) is 13.8 Å². The summed E-state index contributed by atoms with van der Waals surface area (Å²) < 4.78 is 2.23. The zero-order chi connectivity index (χ0) is 13.4. The van der Waals surface area contributed by atoms with Gasteiger partial charge in [0.1, 0.15) is 0 Å². The summed E-state index contributed by atoms with van der Waals surface area (Å²) in [7, 11) is 2.11. The summed E-state index contributed by atoms with van der Waals surface area (Å²) >= 11 is 0. The Morgan fingerprint density at radius 3 is 2.74 bits per heavy atom. The van der Waals surface area contributed by atoms with Crippen LogP contribution >= 0.6 is 0 Å². The third-order valence-electron chi connectivity index (χ3n) is 3.92. The highest BCUT2D eigenvalue weighted by atomic mass is 15.0. The predicted molar refractivity (Wildman–Crippen MR) is 80.5 cm³/mol. The number of rotatable bonds is 3. The van der Waals surface area contributed by atoms with Crippen molar-refractivity contribution in [1.29, 1.82) is 0 Å². The summed E-state index contributed by atoms with van der Waals surface area (Å²) in [6.07, 6.45) is 1.97. The standard InChI is InChI=1S/C16H19N3/c1-11-8-14(12(2)19(11)3)10-18-15-4-5-16-13(9-15)6-7-17-16/h4-9,17-18H,10H2,1-3H3. The van der Waals surface area contributed by atoms with Crippen molar-refractivity contribution in [3.63, 3.8) is 0 Å². The van der Waals surface area contributed by atoms with E-state index in [0.717, 1.165) is 12.2 Å². The number of anilines is 1. The Labute approximate surface area is 113 Å². The Balaban J connectivity index is 1.79. The van der Waals surface area contributed by atoms with E-state index in [4.69, 9.17) is 0 Å². The van der Waals surface area contributed by atoms with E-state index in [0.29, 0.717) is 0 Å². The first-order valence-corrected chi connectivity index (χ1v) is 6.58. The zero-order valence-electron chi connectivity index (χ0n) is 11.6. The molecule has 2 aromatic heterocycles. The van der Waals surface area contributed by atoms with Gasteiger partial charge in [0.2, 0.25) is 0 Å². The van der Waals surface area contributed by atoms with Crippen molar-refractivity contribution in [1.82, 2.24) is 9.55 Å². The molecule has 0 fully saturated rings. The van der Waals surface area contributed by atoms with Crippen LogP contribution in [0.3, 0.4) is 0 Å². The Hall–Kier alpha value is -2.16. The minimum absolute atomic E-state index is 0.865. The van der Waals surface area contributed by atoms with Gasteiger partial charge in [0, 0.05) is 47.8 Å². The summed E-state index contributed by atoms with van der Waals surface area (Å²) in [6, 6.07) is 10.7. The number of hydrogen-bond acceptors (Lipinski definition) is 1. The summed E-state index contributed by atoms with van der Waals surface area (Å²) in [5.41, 5.74) is 6.32. The van der Waals surface area contributed by atoms with Crippen LogP contribution in [-0.2, 0) is 13.6 Å². The van der Waals surface area contributed by atoms with Crippen LogP contribution in [0.25, 0.3) is 10.9 Å². The van der Waals surface area contributed by atoms with Crippen molar-refractivity contribution < 1.29 is 0 Å². The van der Waals surface area contributed by atoms with Gasteiger partial charge in [-0.1, -0.05) is 0 Å². The molecular weight excluding hydrogens is 234 g/mol. The smallest absolute Gasteiger partial charge is 0.0455 e. The molecule has 0 unspecified atom stereocenters. The summed E-state index contributed by atoms with van der Waals surface area (Å²) in [6.45, 7) is 5.17. The molecule has 3 aromatic rings. The lowest BCUT2D eigenvalue weighted by Gasteiger charge is -2.07. The quantitative estimate of drug-likeness (QED) is 0.732. The maximum atomic E-state index is 3.50. The molecule has 0 bridgehead atoms. The number of fused-ring (bicyclic) bond motifs is 1. The van der Waals surface area contributed by atoms with Gasteiger partial charge in [-0.15, -0.1) is 0 Å². The summed E-state index contributed by atoms with van der Waals surface area (Å²) in [5.74, 6) is 0. The van der Waals surface area contributed by atoms with E-state index >= 15 is 0 Å². The molecule has 2 N–H and O–H groups in total. The first-order chi connectivity index (χ1) is 9.15. The molecule has 0 amide bonds. The van der Waals surface area contributed by atoms with Crippen LogP contribution in [0.15, 0.2) is 36.5 Å². The van der Waals surface area contributed by atoms with Crippen LogP contribution in [0.4, 0.5) is 5.69 Å². The topological polar surface area (TPSA) is 32.8 Å². The van der Waals surface area contributed by atoms with E-state index in [9.17, 15) is 0 Å². The second-order valence-electron chi connectivity index (χ2n) is 5.09. The van der Waals surface area contributed by atoms with E-state index in [1.54, 1.807) is 0 Å². The maximum absolute atomic E-state index is 3.50. The molecule has 0 aliphatic heterocycles. The maximum Gasteiger partial charge on any atom is 0.0455 e. The largest absolute Gasteiger partial charge is 0.381 e. The van der Waals surface area contributed by atoms with Gasteiger partial charge in [0.05, 0.1) is 0 Å². The summed E-state index contributed by atoms with van der Waals surface area (Å²) in [5, 5.41) is 4.74. The second-order valence-corrected chi connectivity index (χ2v) is 5.09. The van der Waals surface area contributed by atoms with Crippen molar-refractivity contribution in [2.45, 2.75) is 20.4 Å². The molecule has 98 valence electrons. The highest BCUT2D eigenvalue weighted by Gasteiger charge is 2.05. The highest BCUT2D eigenvalue weighted by molar-refractivity contribution is 5.82. The van der Waals surface area contributed by atoms with Crippen molar-refractivity contribution >= 4 is 16.6 Å². The minimum Gasteiger partial charge on any atom is -0.381 e. The Kier molecular flexibility index (Phi) is 2.82. The van der Waals surface area contributed by atoms with Crippen LogP contribution in [-0.4, -0.2) is 9.55 Å². The van der Waals surface area contributed by atoms with Gasteiger partial charge in [-0.05, 0) is 49.7 Å². The third kappa shape index (κ3) is 2.12. The van der Waals surface area contributed by atoms with Gasteiger partial charge in [0.25, 0.3) is 0 Å². The van der Waals surface area contributed by atoms with Gasteiger partial charge in [-0.3, -0.25) is 0 Å². The van der Waals surface area contributed by atoms with Crippen molar-refractivity contribution in [3.8, 4) is 0 Å². The number of H-pyrrole nitrogens is 1. The molecule has 0 aliphatic rings. The number of hydrogen-bond donors (Lipinski definition) is 2. The molecule has 0 radical (unpaired) electrons. The fraction of sp³-hybridized carbons (Fsp3) is 0.250. The Bertz CT molecular complexity index is 719. The van der Waals surface area contributed by atoms with Crippen molar-refractivity contribution in [2.75, 3.05) is 5.32 Å². The second kappa shape index (κ2) is 4.50. The normalized spacial score (nSPS) is 11.1. The van der Waals surface area contributed by atoms with Gasteiger partial charge in [-0.25, -0.2) is 0 Å². The van der Waals surface area contributed by atoms with Gasteiger partial charge in [-0.2, -0.15) is 0 Å². The minimum atomic E-state index is 0.865. The van der Waals surface area contributed by atoms with E-state index in [2.05, 4.69) is 66.1 Å². The van der Waals surface area contributed by atoms with Crippen LogP contribution in [0.1, 0.15) is 17.0 Å². The molecule has 1 aromatic carbocycles. The molecule has 0 aliphatic carbocycles. The van der Waals surface area contributed by atoms with E-state index < -0.39 is 0 Å². The van der Waals surface area contributed by atoms with Crippen molar-refractivity contribution in [3.05, 3.63) is 53.5 Å². The lowest BCUT2D eigenvalue weighted by Crippen LogP contribution is -2.01. The lowest BCUT2D eigenvalue weighted by atomic mass is 10.2. The van der Waals surface area contributed by atoms with Crippen LogP contribution in [0.5, 0.6) is 0 Å². The molecule has 3 heteroatoms. The molecule has 0 saturated carbocycles. The molecule has 3 nitrogen and oxygen atoms in total. The summed E-state index contributed by atoms with van der Waals surface area (Å²) in [4.78, 5) is 3.21. The van der Waals surface area contributed by atoms with Crippen molar-refractivity contribution in [2.24, 2.45) is 7.05 Å². The average molecular weight is 253 g/mol. The number of nitrogens with zero attached hydrogens (tertiary/aromatic N) is 1. The predicted octanol–water partition coefficient (Wildman–Crippen LogP) is 3.74. The number of aromatic nitrogens is 2. The van der Waals surface area contributed by atoms with E-state index in [1.807, 2.05) is 6.20 Å².